The van der Waals surface area contributed by atoms with Crippen molar-refractivity contribution in [1.82, 2.24) is 0 Å². The van der Waals surface area contributed by atoms with Gasteiger partial charge in [0.25, 0.3) is 0 Å². The Hall–Kier alpha value is -2.36. The van der Waals surface area contributed by atoms with Gasteiger partial charge in [0.2, 0.25) is 0 Å². The molecule has 0 bridgehead atoms. The van der Waals surface area contributed by atoms with E-state index in [0.717, 1.165) is 56.9 Å². The van der Waals surface area contributed by atoms with E-state index in [0.29, 0.717) is 18.3 Å². The molecule has 4 nitrogen and oxygen atoms in total. The molecule has 1 fully saturated rings. The fourth-order valence-corrected chi connectivity index (χ4v) is 3.63. The van der Waals surface area contributed by atoms with Gasteiger partial charge in [-0.3, -0.25) is 4.79 Å². The van der Waals surface area contributed by atoms with Crippen LogP contribution in [0.25, 0.3) is 6.08 Å². The lowest BCUT2D eigenvalue weighted by Crippen LogP contribution is -2.25. The third-order valence-electron chi connectivity index (χ3n) is 5.43. The first-order valence-electron chi connectivity index (χ1n) is 10.9. The van der Waals surface area contributed by atoms with Gasteiger partial charge in [0.1, 0.15) is 5.75 Å². The minimum atomic E-state index is -0.330. The Morgan fingerprint density at radius 2 is 1.79 bits per heavy atom. The zero-order valence-electron chi connectivity index (χ0n) is 17.6. The summed E-state index contributed by atoms with van der Waals surface area (Å²) in [7, 11) is 0. The Kier molecular flexibility index (Phi) is 10.3. The summed E-state index contributed by atoms with van der Waals surface area (Å²) in [6, 6.07) is 7.18. The first kappa shape index (κ1) is 22.9. The number of hydrogen-bond donors (Lipinski definition) is 0. The lowest BCUT2D eigenvalue weighted by Gasteiger charge is -2.26. The lowest BCUT2D eigenvalue weighted by atomic mass is 9.80. The predicted octanol–water partition coefficient (Wildman–Crippen LogP) is 6.11. The Balaban J connectivity index is 1.73. The standard InChI is InChI=1S/C25H34O4/c1-3-5-6-7-19-28-24(26)18-13-21-11-16-23(17-12-21)29-25(27)22-14-9-20(8-4-2)10-15-22/h4,11-13,16-18,20,22H,2-3,5-10,14-15,19H2,1H3. The van der Waals surface area contributed by atoms with E-state index < -0.39 is 0 Å². The van der Waals surface area contributed by atoms with Crippen molar-refractivity contribution in [2.75, 3.05) is 6.61 Å². The van der Waals surface area contributed by atoms with Crippen LogP contribution in [0, 0.1) is 11.8 Å². The molecule has 0 radical (unpaired) electrons. The van der Waals surface area contributed by atoms with E-state index in [1.54, 1.807) is 18.2 Å². The largest absolute Gasteiger partial charge is 0.463 e. The fraction of sp³-hybridized carbons (Fsp3) is 0.520. The molecule has 0 saturated heterocycles. The van der Waals surface area contributed by atoms with Gasteiger partial charge in [-0.2, -0.15) is 0 Å². The van der Waals surface area contributed by atoms with Crippen LogP contribution < -0.4 is 4.74 Å². The van der Waals surface area contributed by atoms with E-state index in [-0.39, 0.29) is 17.9 Å². The molecule has 1 aliphatic rings. The van der Waals surface area contributed by atoms with E-state index in [9.17, 15) is 9.59 Å². The van der Waals surface area contributed by atoms with Crippen molar-refractivity contribution in [3.8, 4) is 5.75 Å². The maximum Gasteiger partial charge on any atom is 0.330 e. The summed E-state index contributed by atoms with van der Waals surface area (Å²) in [6.07, 6.45) is 14.4. The highest BCUT2D eigenvalue weighted by Crippen LogP contribution is 2.32. The Labute approximate surface area is 175 Å². The molecule has 0 spiro atoms. The zero-order valence-corrected chi connectivity index (χ0v) is 17.6. The van der Waals surface area contributed by atoms with Crippen LogP contribution in [0.3, 0.4) is 0 Å². The smallest absolute Gasteiger partial charge is 0.330 e. The minimum Gasteiger partial charge on any atom is -0.463 e. The third kappa shape index (κ3) is 8.68. The van der Waals surface area contributed by atoms with E-state index in [1.165, 1.54) is 12.5 Å². The van der Waals surface area contributed by atoms with Crippen LogP contribution in [-0.4, -0.2) is 18.5 Å². The second-order valence-electron chi connectivity index (χ2n) is 7.79. The summed E-state index contributed by atoms with van der Waals surface area (Å²) >= 11 is 0. The van der Waals surface area contributed by atoms with Crippen LogP contribution in [-0.2, 0) is 14.3 Å². The molecule has 1 aromatic rings. The maximum atomic E-state index is 12.4. The van der Waals surface area contributed by atoms with Crippen LogP contribution in [0.15, 0.2) is 43.0 Å². The van der Waals surface area contributed by atoms with Crippen molar-refractivity contribution < 1.29 is 19.1 Å². The van der Waals surface area contributed by atoms with Crippen LogP contribution in [0.5, 0.6) is 5.75 Å². The van der Waals surface area contributed by atoms with E-state index in [2.05, 4.69) is 13.5 Å². The summed E-state index contributed by atoms with van der Waals surface area (Å²) in [6.45, 7) is 6.41. The van der Waals surface area contributed by atoms with Crippen molar-refractivity contribution in [1.29, 1.82) is 0 Å². The Bertz CT molecular complexity index is 667. The molecular weight excluding hydrogens is 364 g/mol. The number of hydrogen-bond acceptors (Lipinski definition) is 4. The Morgan fingerprint density at radius 3 is 2.45 bits per heavy atom. The first-order chi connectivity index (χ1) is 14.1. The molecule has 0 aliphatic heterocycles. The van der Waals surface area contributed by atoms with E-state index in [4.69, 9.17) is 9.47 Å². The molecule has 2 rings (SSSR count). The van der Waals surface area contributed by atoms with Gasteiger partial charge >= 0.3 is 11.9 Å². The second-order valence-corrected chi connectivity index (χ2v) is 7.79. The van der Waals surface area contributed by atoms with Gasteiger partial charge in [0.05, 0.1) is 12.5 Å². The number of unbranched alkanes of at least 4 members (excludes halogenated alkanes) is 3. The van der Waals surface area contributed by atoms with Crippen molar-refractivity contribution >= 4 is 18.0 Å². The number of ether oxygens (including phenoxy) is 2. The van der Waals surface area contributed by atoms with Crippen LogP contribution in [0.2, 0.25) is 0 Å². The summed E-state index contributed by atoms with van der Waals surface area (Å²) < 4.78 is 10.7. The number of esters is 2. The second kappa shape index (κ2) is 13.0. The highest BCUT2D eigenvalue weighted by molar-refractivity contribution is 5.87. The zero-order chi connectivity index (χ0) is 20.9. The van der Waals surface area contributed by atoms with Gasteiger partial charge in [0, 0.05) is 6.08 Å². The van der Waals surface area contributed by atoms with Gasteiger partial charge < -0.3 is 9.47 Å². The van der Waals surface area contributed by atoms with Crippen molar-refractivity contribution in [3.63, 3.8) is 0 Å². The van der Waals surface area contributed by atoms with Gasteiger partial charge in [-0.15, -0.1) is 6.58 Å². The normalized spacial score (nSPS) is 19.1. The fourth-order valence-electron chi connectivity index (χ4n) is 3.63. The highest BCUT2D eigenvalue weighted by atomic mass is 16.5. The number of allylic oxidation sites excluding steroid dienone is 1. The molecule has 1 saturated carbocycles. The third-order valence-corrected chi connectivity index (χ3v) is 5.43. The number of carbonyl (C=O) groups is 2. The Morgan fingerprint density at radius 1 is 1.07 bits per heavy atom. The number of carbonyl (C=O) groups excluding carboxylic acids is 2. The van der Waals surface area contributed by atoms with Crippen molar-refractivity contribution in [2.24, 2.45) is 11.8 Å². The molecule has 4 heteroatoms. The monoisotopic (exact) mass is 398 g/mol. The molecule has 1 aliphatic carbocycles. The molecule has 0 aromatic heterocycles. The molecule has 0 heterocycles. The molecule has 0 amide bonds. The van der Waals surface area contributed by atoms with Gasteiger partial charge in [-0.05, 0) is 68.2 Å². The quantitative estimate of drug-likeness (QED) is 0.148. The summed E-state index contributed by atoms with van der Waals surface area (Å²) in [4.78, 5) is 24.1. The summed E-state index contributed by atoms with van der Waals surface area (Å²) in [5, 5.41) is 0. The topological polar surface area (TPSA) is 52.6 Å². The summed E-state index contributed by atoms with van der Waals surface area (Å²) in [5.41, 5.74) is 0.859. The van der Waals surface area contributed by atoms with Crippen molar-refractivity contribution in [2.45, 2.75) is 64.7 Å². The SMILES string of the molecule is C=CCC1CCC(C(=O)Oc2ccc(C=CC(=O)OCCCCCC)cc2)CC1. The van der Waals surface area contributed by atoms with E-state index in [1.807, 2.05) is 18.2 Å². The van der Waals surface area contributed by atoms with Crippen LogP contribution in [0.4, 0.5) is 0 Å². The lowest BCUT2D eigenvalue weighted by molar-refractivity contribution is -0.140. The molecular formula is C25H34O4. The molecule has 0 N–H and O–H groups in total. The predicted molar refractivity (Wildman–Crippen MR) is 116 cm³/mol. The minimum absolute atomic E-state index is 0.0114. The van der Waals surface area contributed by atoms with Crippen LogP contribution >= 0.6 is 0 Å². The van der Waals surface area contributed by atoms with Gasteiger partial charge in [-0.1, -0.05) is 44.4 Å². The molecule has 0 atom stereocenters. The molecule has 158 valence electrons. The van der Waals surface area contributed by atoms with Crippen molar-refractivity contribution in [3.05, 3.63) is 48.6 Å². The van der Waals surface area contributed by atoms with Gasteiger partial charge in [-0.25, -0.2) is 4.79 Å². The highest BCUT2D eigenvalue weighted by Gasteiger charge is 2.27. The first-order valence-corrected chi connectivity index (χ1v) is 10.9. The average Bonchev–Trinajstić information content (AvgIpc) is 2.74. The average molecular weight is 399 g/mol. The van der Waals surface area contributed by atoms with Crippen LogP contribution in [0.1, 0.15) is 70.3 Å². The number of benzene rings is 1. The maximum absolute atomic E-state index is 12.4. The molecule has 1 aromatic carbocycles. The number of rotatable bonds is 11. The summed E-state index contributed by atoms with van der Waals surface area (Å²) in [5.74, 6) is 0.716. The van der Waals surface area contributed by atoms with E-state index >= 15 is 0 Å². The van der Waals surface area contributed by atoms with Gasteiger partial charge in [0.15, 0.2) is 0 Å². The molecule has 29 heavy (non-hydrogen) atoms. The molecule has 0 unspecified atom stereocenters.